The predicted octanol–water partition coefficient (Wildman–Crippen LogP) is 1.83. The van der Waals surface area contributed by atoms with Crippen LogP contribution >= 0.6 is 0 Å². The summed E-state index contributed by atoms with van der Waals surface area (Å²) in [4.78, 5) is 23.8. The third-order valence-electron chi connectivity index (χ3n) is 3.23. The molecule has 0 spiro atoms. The average molecular weight is 298 g/mol. The van der Waals surface area contributed by atoms with E-state index in [0.717, 1.165) is 5.56 Å². The molecular weight excluding hydrogens is 280 g/mol. The van der Waals surface area contributed by atoms with E-state index in [2.05, 4.69) is 10.6 Å². The molecule has 0 saturated heterocycles. The van der Waals surface area contributed by atoms with E-state index in [9.17, 15) is 9.59 Å². The molecule has 0 bridgehead atoms. The van der Waals surface area contributed by atoms with Gasteiger partial charge in [-0.15, -0.1) is 0 Å². The van der Waals surface area contributed by atoms with Crippen molar-refractivity contribution in [2.45, 2.75) is 6.42 Å². The van der Waals surface area contributed by atoms with E-state index in [4.69, 9.17) is 5.11 Å². The fraction of sp³-hybridized carbons (Fsp3) is 0.176. The standard InChI is InChI=1S/C17H18N2O3/c1-18-16(21)13-3-2-4-14(11-13)17(22)19-15-7-5-12(6-8-15)9-10-20/h2-8,11,20H,9-10H2,1H3,(H,18,21)(H,19,22). The number of hydrogen-bond acceptors (Lipinski definition) is 3. The zero-order valence-corrected chi connectivity index (χ0v) is 12.3. The Bertz CT molecular complexity index is 666. The molecular formula is C17H18N2O3. The van der Waals surface area contributed by atoms with E-state index in [-0.39, 0.29) is 18.4 Å². The Kier molecular flexibility index (Phi) is 5.27. The van der Waals surface area contributed by atoms with Crippen molar-refractivity contribution in [2.75, 3.05) is 19.0 Å². The number of nitrogens with one attached hydrogen (secondary N) is 2. The monoisotopic (exact) mass is 298 g/mol. The quantitative estimate of drug-likeness (QED) is 0.788. The summed E-state index contributed by atoms with van der Waals surface area (Å²) in [5, 5.41) is 14.2. The van der Waals surface area contributed by atoms with Crippen LogP contribution in [0.15, 0.2) is 48.5 Å². The van der Waals surface area contributed by atoms with E-state index in [1.54, 1.807) is 43.4 Å². The molecule has 0 atom stereocenters. The number of carbonyl (C=O) groups excluding carboxylic acids is 2. The maximum atomic E-state index is 12.2. The van der Waals surface area contributed by atoms with Gasteiger partial charge in [-0.1, -0.05) is 18.2 Å². The number of hydrogen-bond donors (Lipinski definition) is 3. The van der Waals surface area contributed by atoms with Gasteiger partial charge in [0.15, 0.2) is 0 Å². The molecule has 5 heteroatoms. The van der Waals surface area contributed by atoms with Crippen molar-refractivity contribution >= 4 is 17.5 Å². The smallest absolute Gasteiger partial charge is 0.255 e. The van der Waals surface area contributed by atoms with Gasteiger partial charge in [0.25, 0.3) is 11.8 Å². The van der Waals surface area contributed by atoms with E-state index in [0.29, 0.717) is 23.2 Å². The van der Waals surface area contributed by atoms with Crippen LogP contribution in [0.2, 0.25) is 0 Å². The zero-order chi connectivity index (χ0) is 15.9. The molecule has 0 fully saturated rings. The number of aliphatic hydroxyl groups is 1. The van der Waals surface area contributed by atoms with Crippen molar-refractivity contribution in [1.29, 1.82) is 0 Å². The molecule has 3 N–H and O–H groups in total. The fourth-order valence-electron chi connectivity index (χ4n) is 2.03. The lowest BCUT2D eigenvalue weighted by atomic mass is 10.1. The van der Waals surface area contributed by atoms with E-state index >= 15 is 0 Å². The summed E-state index contributed by atoms with van der Waals surface area (Å²) in [6, 6.07) is 13.8. The molecule has 0 radical (unpaired) electrons. The minimum atomic E-state index is -0.277. The zero-order valence-electron chi connectivity index (χ0n) is 12.3. The minimum Gasteiger partial charge on any atom is -0.396 e. The number of rotatable bonds is 5. The first-order valence-corrected chi connectivity index (χ1v) is 6.97. The van der Waals surface area contributed by atoms with Crippen LogP contribution in [-0.4, -0.2) is 30.6 Å². The van der Waals surface area contributed by atoms with Gasteiger partial charge in [0, 0.05) is 30.5 Å². The molecule has 2 aromatic rings. The molecule has 2 rings (SSSR count). The highest BCUT2D eigenvalue weighted by Crippen LogP contribution is 2.13. The normalized spacial score (nSPS) is 10.1. The van der Waals surface area contributed by atoms with E-state index in [1.165, 1.54) is 0 Å². The van der Waals surface area contributed by atoms with Crippen LogP contribution in [-0.2, 0) is 6.42 Å². The van der Waals surface area contributed by atoms with Gasteiger partial charge in [0.05, 0.1) is 0 Å². The maximum Gasteiger partial charge on any atom is 0.255 e. The molecule has 0 aliphatic rings. The summed E-state index contributed by atoms with van der Waals surface area (Å²) in [5.74, 6) is -0.510. The second kappa shape index (κ2) is 7.38. The Morgan fingerprint density at radius 3 is 2.23 bits per heavy atom. The number of anilines is 1. The molecule has 114 valence electrons. The van der Waals surface area contributed by atoms with Crippen molar-refractivity contribution in [1.82, 2.24) is 5.32 Å². The van der Waals surface area contributed by atoms with Gasteiger partial charge in [0.1, 0.15) is 0 Å². The number of carbonyl (C=O) groups is 2. The molecule has 2 aromatic carbocycles. The first-order chi connectivity index (χ1) is 10.6. The highest BCUT2D eigenvalue weighted by atomic mass is 16.3. The van der Waals surface area contributed by atoms with Gasteiger partial charge in [-0.2, -0.15) is 0 Å². The van der Waals surface area contributed by atoms with Gasteiger partial charge in [-0.3, -0.25) is 9.59 Å². The number of benzene rings is 2. The summed E-state index contributed by atoms with van der Waals surface area (Å²) >= 11 is 0. The van der Waals surface area contributed by atoms with E-state index < -0.39 is 0 Å². The lowest BCUT2D eigenvalue weighted by Crippen LogP contribution is -2.19. The van der Waals surface area contributed by atoms with Crippen LogP contribution in [0.4, 0.5) is 5.69 Å². The largest absolute Gasteiger partial charge is 0.396 e. The predicted molar refractivity (Wildman–Crippen MR) is 85.0 cm³/mol. The first-order valence-electron chi connectivity index (χ1n) is 6.97. The Labute approximate surface area is 129 Å². The van der Waals surface area contributed by atoms with Crippen molar-refractivity contribution in [3.8, 4) is 0 Å². The SMILES string of the molecule is CNC(=O)c1cccc(C(=O)Nc2ccc(CCO)cc2)c1. The number of aliphatic hydroxyl groups excluding tert-OH is 1. The van der Waals surface area contributed by atoms with Crippen molar-refractivity contribution < 1.29 is 14.7 Å². The van der Waals surface area contributed by atoms with Crippen LogP contribution in [0.5, 0.6) is 0 Å². The molecule has 0 unspecified atom stereocenters. The van der Waals surface area contributed by atoms with Gasteiger partial charge in [-0.25, -0.2) is 0 Å². The lowest BCUT2D eigenvalue weighted by molar-refractivity contribution is 0.0963. The summed E-state index contributed by atoms with van der Waals surface area (Å²) < 4.78 is 0. The fourth-order valence-corrected chi connectivity index (χ4v) is 2.03. The molecule has 0 aliphatic heterocycles. The lowest BCUT2D eigenvalue weighted by Gasteiger charge is -2.07. The third-order valence-corrected chi connectivity index (χ3v) is 3.23. The van der Waals surface area contributed by atoms with Crippen LogP contribution < -0.4 is 10.6 Å². The summed E-state index contributed by atoms with van der Waals surface area (Å²) in [6.07, 6.45) is 0.586. The Hall–Kier alpha value is -2.66. The summed E-state index contributed by atoms with van der Waals surface area (Å²) in [7, 11) is 1.54. The molecule has 22 heavy (non-hydrogen) atoms. The Balaban J connectivity index is 2.10. The summed E-state index contributed by atoms with van der Waals surface area (Å²) in [6.45, 7) is 0.0952. The Morgan fingerprint density at radius 1 is 1.00 bits per heavy atom. The van der Waals surface area contributed by atoms with E-state index in [1.807, 2.05) is 12.1 Å². The van der Waals surface area contributed by atoms with Crippen molar-refractivity contribution in [2.24, 2.45) is 0 Å². The topological polar surface area (TPSA) is 78.4 Å². The van der Waals surface area contributed by atoms with Crippen LogP contribution in [0.25, 0.3) is 0 Å². The summed E-state index contributed by atoms with van der Waals surface area (Å²) in [5.41, 5.74) is 2.52. The number of amides is 2. The highest BCUT2D eigenvalue weighted by Gasteiger charge is 2.09. The van der Waals surface area contributed by atoms with Crippen LogP contribution in [0.1, 0.15) is 26.3 Å². The average Bonchev–Trinajstić information content (AvgIpc) is 2.56. The van der Waals surface area contributed by atoms with Gasteiger partial charge in [0.2, 0.25) is 0 Å². The van der Waals surface area contributed by atoms with Crippen molar-refractivity contribution in [3.05, 3.63) is 65.2 Å². The molecule has 0 saturated carbocycles. The third kappa shape index (κ3) is 3.93. The van der Waals surface area contributed by atoms with Gasteiger partial charge in [-0.05, 0) is 42.3 Å². The Morgan fingerprint density at radius 2 is 1.64 bits per heavy atom. The molecule has 5 nitrogen and oxygen atoms in total. The second-order valence-corrected chi connectivity index (χ2v) is 4.78. The molecule has 2 amide bonds. The molecule has 0 aromatic heterocycles. The van der Waals surface area contributed by atoms with Crippen LogP contribution in [0, 0.1) is 0 Å². The highest BCUT2D eigenvalue weighted by molar-refractivity contribution is 6.06. The van der Waals surface area contributed by atoms with Gasteiger partial charge >= 0.3 is 0 Å². The minimum absolute atomic E-state index is 0.0952. The maximum absolute atomic E-state index is 12.2. The van der Waals surface area contributed by atoms with Crippen LogP contribution in [0.3, 0.4) is 0 Å². The molecule has 0 heterocycles. The molecule has 0 aliphatic carbocycles. The van der Waals surface area contributed by atoms with Crippen molar-refractivity contribution in [3.63, 3.8) is 0 Å². The second-order valence-electron chi connectivity index (χ2n) is 4.78. The van der Waals surface area contributed by atoms with Gasteiger partial charge < -0.3 is 15.7 Å². The first kappa shape index (κ1) is 15.7.